The van der Waals surface area contributed by atoms with E-state index in [1.54, 1.807) is 13.5 Å². The summed E-state index contributed by atoms with van der Waals surface area (Å²) in [6.07, 6.45) is 7.68. The molecule has 0 amide bonds. The Balaban J connectivity index is 1.36. The second-order valence-electron chi connectivity index (χ2n) is 8.09. The molecule has 1 aromatic carbocycles. The van der Waals surface area contributed by atoms with Crippen LogP contribution in [0.15, 0.2) is 24.3 Å². The quantitative estimate of drug-likeness (QED) is 0.842. The van der Waals surface area contributed by atoms with Crippen LogP contribution < -0.4 is 10.1 Å². The lowest BCUT2D eigenvalue weighted by molar-refractivity contribution is -0.0561. The van der Waals surface area contributed by atoms with Crippen LogP contribution in [0.5, 0.6) is 5.75 Å². The molecule has 0 spiro atoms. The molecule has 0 radical (unpaired) electrons. The molecule has 4 saturated carbocycles. The second-order valence-corrected chi connectivity index (χ2v) is 8.09. The first-order valence-electron chi connectivity index (χ1n) is 9.11. The Morgan fingerprint density at radius 2 is 1.59 bits per heavy atom. The molecule has 1 aromatic rings. The van der Waals surface area contributed by atoms with Gasteiger partial charge in [-0.3, -0.25) is 0 Å². The van der Waals surface area contributed by atoms with Crippen molar-refractivity contribution in [1.82, 2.24) is 0 Å². The fourth-order valence-corrected chi connectivity index (χ4v) is 6.02. The highest BCUT2D eigenvalue weighted by molar-refractivity contribution is 5.46. The fourth-order valence-electron chi connectivity index (χ4n) is 6.02. The Bertz CT molecular complexity index is 481. The zero-order chi connectivity index (χ0) is 15.1. The van der Waals surface area contributed by atoms with Crippen molar-refractivity contribution in [3.05, 3.63) is 24.3 Å². The number of nitrogens with one attached hydrogen (secondary N) is 1. The van der Waals surface area contributed by atoms with Gasteiger partial charge in [0.15, 0.2) is 0 Å². The molecular weight excluding hydrogens is 270 g/mol. The maximum atomic E-state index is 5.23. The molecule has 0 aromatic heterocycles. The van der Waals surface area contributed by atoms with Gasteiger partial charge in [-0.1, -0.05) is 6.92 Å². The first kappa shape index (κ1) is 14.4. The minimum atomic E-state index is 0.789. The molecule has 1 N–H and O–H groups in total. The van der Waals surface area contributed by atoms with Crippen molar-refractivity contribution in [3.63, 3.8) is 0 Å². The molecule has 2 nitrogen and oxygen atoms in total. The van der Waals surface area contributed by atoms with E-state index in [0.29, 0.717) is 0 Å². The fraction of sp³-hybridized carbons (Fsp3) is 0.700. The molecule has 4 fully saturated rings. The van der Waals surface area contributed by atoms with Crippen molar-refractivity contribution >= 4 is 5.69 Å². The molecule has 4 bridgehead atoms. The summed E-state index contributed by atoms with van der Waals surface area (Å²) in [5.74, 6) is 6.92. The summed E-state index contributed by atoms with van der Waals surface area (Å²) >= 11 is 0. The second kappa shape index (κ2) is 5.79. The van der Waals surface area contributed by atoms with Gasteiger partial charge in [0.05, 0.1) is 7.11 Å². The highest BCUT2D eigenvalue weighted by Gasteiger charge is 2.49. The topological polar surface area (TPSA) is 21.3 Å². The van der Waals surface area contributed by atoms with Crippen LogP contribution in [0, 0.1) is 35.5 Å². The number of ether oxygens (including phenoxy) is 1. The van der Waals surface area contributed by atoms with E-state index in [0.717, 1.165) is 47.8 Å². The van der Waals surface area contributed by atoms with Crippen LogP contribution in [0.3, 0.4) is 0 Å². The van der Waals surface area contributed by atoms with Gasteiger partial charge in [-0.25, -0.2) is 0 Å². The number of methoxy groups -OCH3 is 1. The highest BCUT2D eigenvalue weighted by Crippen LogP contribution is 2.58. The van der Waals surface area contributed by atoms with Crippen LogP contribution >= 0.6 is 0 Å². The molecule has 4 aliphatic carbocycles. The van der Waals surface area contributed by atoms with Gasteiger partial charge in [-0.05, 0) is 91.9 Å². The van der Waals surface area contributed by atoms with Crippen LogP contribution in [-0.4, -0.2) is 13.7 Å². The Hall–Kier alpha value is -1.18. The summed E-state index contributed by atoms with van der Waals surface area (Å²) < 4.78 is 5.23. The molecule has 22 heavy (non-hydrogen) atoms. The average molecular weight is 299 g/mol. The normalized spacial score (nSPS) is 37.1. The van der Waals surface area contributed by atoms with Gasteiger partial charge in [0.2, 0.25) is 0 Å². The van der Waals surface area contributed by atoms with E-state index in [4.69, 9.17) is 4.74 Å². The monoisotopic (exact) mass is 299 g/mol. The Kier molecular flexibility index (Phi) is 3.79. The number of anilines is 1. The highest BCUT2D eigenvalue weighted by atomic mass is 16.5. The molecular formula is C20H29NO. The van der Waals surface area contributed by atoms with Crippen molar-refractivity contribution in [2.24, 2.45) is 35.5 Å². The van der Waals surface area contributed by atoms with Gasteiger partial charge in [0, 0.05) is 12.2 Å². The van der Waals surface area contributed by atoms with E-state index in [-0.39, 0.29) is 0 Å². The number of hydrogen-bond acceptors (Lipinski definition) is 2. The summed E-state index contributed by atoms with van der Waals surface area (Å²) in [5.41, 5.74) is 1.22. The Morgan fingerprint density at radius 1 is 1.00 bits per heavy atom. The average Bonchev–Trinajstić information content (AvgIpc) is 2.52. The van der Waals surface area contributed by atoms with Crippen molar-refractivity contribution in [3.8, 4) is 5.75 Å². The van der Waals surface area contributed by atoms with Crippen LogP contribution in [0.4, 0.5) is 5.69 Å². The summed E-state index contributed by atoms with van der Waals surface area (Å²) in [4.78, 5) is 0. The lowest BCUT2D eigenvalue weighted by Gasteiger charge is -2.56. The van der Waals surface area contributed by atoms with Crippen LogP contribution in [0.25, 0.3) is 0 Å². The van der Waals surface area contributed by atoms with Crippen molar-refractivity contribution in [2.45, 2.75) is 39.0 Å². The lowest BCUT2D eigenvalue weighted by atomic mass is 9.50. The van der Waals surface area contributed by atoms with E-state index in [2.05, 4.69) is 24.4 Å². The molecule has 1 unspecified atom stereocenters. The largest absolute Gasteiger partial charge is 0.497 e. The Labute approximate surface area is 134 Å². The molecule has 0 heterocycles. The van der Waals surface area contributed by atoms with Gasteiger partial charge in [0.1, 0.15) is 5.75 Å². The SMILES string of the molecule is COc1ccc(NCC(C)C2C3CC4CC(C3)CC2C4)cc1. The smallest absolute Gasteiger partial charge is 0.119 e. The molecule has 0 saturated heterocycles. The molecule has 4 aliphatic rings. The van der Waals surface area contributed by atoms with Crippen molar-refractivity contribution in [2.75, 3.05) is 19.0 Å². The van der Waals surface area contributed by atoms with Crippen molar-refractivity contribution in [1.29, 1.82) is 0 Å². The van der Waals surface area contributed by atoms with Gasteiger partial charge in [0.25, 0.3) is 0 Å². The van der Waals surface area contributed by atoms with E-state index < -0.39 is 0 Å². The van der Waals surface area contributed by atoms with Crippen LogP contribution in [0.2, 0.25) is 0 Å². The summed E-state index contributed by atoms with van der Waals surface area (Å²) in [5, 5.41) is 3.65. The predicted molar refractivity (Wildman–Crippen MR) is 91.2 cm³/mol. The van der Waals surface area contributed by atoms with E-state index in [9.17, 15) is 0 Å². The third-order valence-electron chi connectivity index (χ3n) is 6.67. The number of benzene rings is 1. The minimum absolute atomic E-state index is 0.789. The minimum Gasteiger partial charge on any atom is -0.497 e. The summed E-state index contributed by atoms with van der Waals surface area (Å²) in [6, 6.07) is 8.33. The van der Waals surface area contributed by atoms with E-state index in [1.807, 2.05) is 12.1 Å². The van der Waals surface area contributed by atoms with Gasteiger partial charge in [-0.15, -0.1) is 0 Å². The zero-order valence-corrected chi connectivity index (χ0v) is 13.9. The molecule has 1 atom stereocenters. The van der Waals surface area contributed by atoms with Crippen molar-refractivity contribution < 1.29 is 4.74 Å². The molecule has 5 rings (SSSR count). The maximum absolute atomic E-state index is 5.23. The molecule has 0 aliphatic heterocycles. The van der Waals surface area contributed by atoms with Gasteiger partial charge in [-0.2, -0.15) is 0 Å². The first-order valence-corrected chi connectivity index (χ1v) is 9.11. The molecule has 2 heteroatoms. The first-order chi connectivity index (χ1) is 10.7. The molecule has 120 valence electrons. The maximum Gasteiger partial charge on any atom is 0.119 e. The summed E-state index contributed by atoms with van der Waals surface area (Å²) in [7, 11) is 1.72. The summed E-state index contributed by atoms with van der Waals surface area (Å²) in [6.45, 7) is 3.59. The third-order valence-corrected chi connectivity index (χ3v) is 6.67. The van der Waals surface area contributed by atoms with Crippen LogP contribution in [-0.2, 0) is 0 Å². The standard InChI is InChI=1S/C20H29NO/c1-13(12-21-18-3-5-19(22-2)6-4-18)20-16-8-14-7-15(10-16)11-17(20)9-14/h3-6,13-17,20-21H,7-12H2,1-2H3. The number of hydrogen-bond donors (Lipinski definition) is 1. The van der Waals surface area contributed by atoms with Gasteiger partial charge >= 0.3 is 0 Å². The lowest BCUT2D eigenvalue weighted by Crippen LogP contribution is -2.48. The Morgan fingerprint density at radius 3 is 2.14 bits per heavy atom. The predicted octanol–water partition coefficient (Wildman–Crippen LogP) is 4.82. The van der Waals surface area contributed by atoms with E-state index in [1.165, 1.54) is 31.4 Å². The van der Waals surface area contributed by atoms with E-state index >= 15 is 0 Å². The number of rotatable bonds is 5. The van der Waals surface area contributed by atoms with Crippen LogP contribution in [0.1, 0.15) is 39.0 Å². The van der Waals surface area contributed by atoms with Gasteiger partial charge < -0.3 is 10.1 Å². The zero-order valence-electron chi connectivity index (χ0n) is 13.9. The third kappa shape index (κ3) is 2.61.